The number of unbranched alkanes of at least 4 members (excludes halogenated alkanes) is 1. The van der Waals surface area contributed by atoms with Gasteiger partial charge in [0, 0.05) is 17.8 Å². The maximum atomic E-state index is 9.76. The van der Waals surface area contributed by atoms with Gasteiger partial charge >= 0.3 is 0 Å². The molecular weight excluding hydrogens is 364 g/mol. The number of ether oxygens (including phenoxy) is 1. The van der Waals surface area contributed by atoms with Gasteiger partial charge in [-0.3, -0.25) is 0 Å². The topological polar surface area (TPSA) is 100 Å². The van der Waals surface area contributed by atoms with E-state index in [2.05, 4.69) is 28.7 Å². The summed E-state index contributed by atoms with van der Waals surface area (Å²) in [5.74, 6) is 1.67. The molecular formula is C22H28N6O. The summed E-state index contributed by atoms with van der Waals surface area (Å²) in [6.45, 7) is 6.21. The van der Waals surface area contributed by atoms with Crippen molar-refractivity contribution >= 4 is 22.7 Å². The van der Waals surface area contributed by atoms with Crippen LogP contribution in [-0.2, 0) is 0 Å². The molecule has 0 unspecified atom stereocenters. The number of nitriles is 1. The number of aromatic nitrogens is 2. The number of nitrogens with zero attached hydrogens (tertiary/aromatic N) is 3. The number of rotatable bonds is 10. The van der Waals surface area contributed by atoms with Crippen molar-refractivity contribution in [1.29, 1.82) is 5.26 Å². The molecule has 2 heterocycles. The number of nitrogens with one attached hydrogen (secondary N) is 2. The number of benzene rings is 1. The van der Waals surface area contributed by atoms with Crippen molar-refractivity contribution in [2.24, 2.45) is 5.73 Å². The molecule has 0 saturated carbocycles. The number of nitrogens with two attached hydrogens (primary N) is 1. The molecule has 0 aliphatic carbocycles. The van der Waals surface area contributed by atoms with Gasteiger partial charge in [-0.15, -0.1) is 0 Å². The number of hydrogen-bond acceptors (Lipinski definition) is 6. The molecule has 0 amide bonds. The van der Waals surface area contributed by atoms with Crippen LogP contribution in [0.4, 0.5) is 17.2 Å². The van der Waals surface area contributed by atoms with Crippen LogP contribution in [0, 0.1) is 18.3 Å². The van der Waals surface area contributed by atoms with Crippen molar-refractivity contribution in [1.82, 2.24) is 9.61 Å². The van der Waals surface area contributed by atoms with Crippen molar-refractivity contribution in [3.8, 4) is 11.8 Å². The molecule has 1 aromatic carbocycles. The van der Waals surface area contributed by atoms with Crippen molar-refractivity contribution in [2.45, 2.75) is 33.1 Å². The van der Waals surface area contributed by atoms with E-state index in [1.165, 1.54) is 0 Å². The Kier molecular flexibility index (Phi) is 6.93. The SMILES string of the molecule is CCCOc1ccc(Nc2c(C)c(NCCCCN)c(C#N)c3ccnn23)cc1. The maximum absolute atomic E-state index is 9.76. The summed E-state index contributed by atoms with van der Waals surface area (Å²) < 4.78 is 7.43. The van der Waals surface area contributed by atoms with E-state index in [0.29, 0.717) is 18.7 Å². The van der Waals surface area contributed by atoms with Gasteiger partial charge in [0.2, 0.25) is 0 Å². The average molecular weight is 393 g/mol. The van der Waals surface area contributed by atoms with Crippen LogP contribution < -0.4 is 21.1 Å². The third kappa shape index (κ3) is 4.61. The highest BCUT2D eigenvalue weighted by Crippen LogP contribution is 2.33. The predicted molar refractivity (Wildman–Crippen MR) is 117 cm³/mol. The van der Waals surface area contributed by atoms with Crippen molar-refractivity contribution in [2.75, 3.05) is 30.3 Å². The molecule has 7 nitrogen and oxygen atoms in total. The second-order valence-electron chi connectivity index (χ2n) is 6.88. The van der Waals surface area contributed by atoms with Crippen LogP contribution in [0.2, 0.25) is 0 Å². The molecule has 152 valence electrons. The highest BCUT2D eigenvalue weighted by atomic mass is 16.5. The van der Waals surface area contributed by atoms with Crippen molar-refractivity contribution in [3.05, 3.63) is 47.7 Å². The number of anilines is 3. The van der Waals surface area contributed by atoms with Gasteiger partial charge in [-0.25, -0.2) is 4.52 Å². The lowest BCUT2D eigenvalue weighted by molar-refractivity contribution is 0.317. The predicted octanol–water partition coefficient (Wildman–Crippen LogP) is 4.20. The zero-order valence-corrected chi connectivity index (χ0v) is 17.0. The number of pyridine rings is 1. The standard InChI is InChI=1S/C22H28N6O/c1-3-14-29-18-8-6-17(7-9-18)27-22-16(2)21(25-12-5-4-11-23)19(15-24)20-10-13-26-28(20)22/h6-10,13,25,27H,3-5,11-12,14,23H2,1-2H3. The Bertz CT molecular complexity index is 987. The minimum atomic E-state index is 0.599. The first-order valence-electron chi connectivity index (χ1n) is 10.0. The molecule has 0 radical (unpaired) electrons. The van der Waals surface area contributed by atoms with E-state index >= 15 is 0 Å². The molecule has 3 rings (SSSR count). The molecule has 2 aromatic heterocycles. The third-order valence-electron chi connectivity index (χ3n) is 4.73. The average Bonchev–Trinajstić information content (AvgIpc) is 3.22. The van der Waals surface area contributed by atoms with Crippen LogP contribution in [0.5, 0.6) is 5.75 Å². The lowest BCUT2D eigenvalue weighted by atomic mass is 10.1. The molecule has 0 saturated heterocycles. The van der Waals surface area contributed by atoms with Gasteiger partial charge in [-0.1, -0.05) is 6.92 Å². The molecule has 0 aliphatic heterocycles. The first kappa shape index (κ1) is 20.5. The number of fused-ring (bicyclic) bond motifs is 1. The Labute approximate surface area is 171 Å². The normalized spacial score (nSPS) is 10.7. The lowest BCUT2D eigenvalue weighted by Gasteiger charge is -2.18. The molecule has 0 atom stereocenters. The minimum Gasteiger partial charge on any atom is -0.494 e. The highest BCUT2D eigenvalue weighted by Gasteiger charge is 2.18. The number of hydrogen-bond donors (Lipinski definition) is 3. The van der Waals surface area contributed by atoms with Gasteiger partial charge < -0.3 is 21.1 Å². The summed E-state index contributed by atoms with van der Waals surface area (Å²) in [5, 5.41) is 21.1. The van der Waals surface area contributed by atoms with Crippen LogP contribution in [0.25, 0.3) is 5.52 Å². The van der Waals surface area contributed by atoms with Crippen LogP contribution in [-0.4, -0.2) is 29.3 Å². The van der Waals surface area contributed by atoms with Gasteiger partial charge in [0.05, 0.1) is 24.0 Å². The molecule has 0 bridgehead atoms. The molecule has 3 aromatic rings. The van der Waals surface area contributed by atoms with Crippen LogP contribution >= 0.6 is 0 Å². The smallest absolute Gasteiger partial charge is 0.137 e. The fourth-order valence-electron chi connectivity index (χ4n) is 3.22. The van der Waals surface area contributed by atoms with E-state index in [1.807, 2.05) is 37.3 Å². The summed E-state index contributed by atoms with van der Waals surface area (Å²) >= 11 is 0. The monoisotopic (exact) mass is 392 g/mol. The van der Waals surface area contributed by atoms with Crippen LogP contribution in [0.3, 0.4) is 0 Å². The maximum Gasteiger partial charge on any atom is 0.137 e. The molecule has 7 heteroatoms. The first-order valence-corrected chi connectivity index (χ1v) is 10.0. The zero-order valence-electron chi connectivity index (χ0n) is 17.0. The first-order chi connectivity index (χ1) is 14.2. The van der Waals surface area contributed by atoms with E-state index in [9.17, 15) is 5.26 Å². The Morgan fingerprint density at radius 1 is 1.21 bits per heavy atom. The van der Waals surface area contributed by atoms with Gasteiger partial charge in [0.15, 0.2) is 0 Å². The molecule has 29 heavy (non-hydrogen) atoms. The van der Waals surface area contributed by atoms with E-state index in [4.69, 9.17) is 10.5 Å². The Morgan fingerprint density at radius 3 is 2.69 bits per heavy atom. The molecule has 0 fully saturated rings. The van der Waals surface area contributed by atoms with E-state index < -0.39 is 0 Å². The molecule has 4 N–H and O–H groups in total. The largest absolute Gasteiger partial charge is 0.494 e. The summed E-state index contributed by atoms with van der Waals surface area (Å²) in [5.41, 5.74) is 9.66. The second-order valence-corrected chi connectivity index (χ2v) is 6.88. The van der Waals surface area contributed by atoms with Gasteiger partial charge in [-0.05, 0) is 63.1 Å². The van der Waals surface area contributed by atoms with E-state index in [-0.39, 0.29) is 0 Å². The van der Waals surface area contributed by atoms with E-state index in [1.54, 1.807) is 10.7 Å². The quantitative estimate of drug-likeness (QED) is 0.447. The fraction of sp³-hybridized carbons (Fsp3) is 0.364. The lowest BCUT2D eigenvalue weighted by Crippen LogP contribution is -2.12. The highest BCUT2D eigenvalue weighted by molar-refractivity contribution is 5.82. The zero-order chi connectivity index (χ0) is 20.6. The van der Waals surface area contributed by atoms with Gasteiger partial charge in [0.1, 0.15) is 23.2 Å². The molecule has 0 aliphatic rings. The summed E-state index contributed by atoms with van der Waals surface area (Å²) in [6.07, 6.45) is 4.58. The minimum absolute atomic E-state index is 0.599. The van der Waals surface area contributed by atoms with Crippen LogP contribution in [0.1, 0.15) is 37.3 Å². The van der Waals surface area contributed by atoms with Gasteiger partial charge in [-0.2, -0.15) is 10.4 Å². The van der Waals surface area contributed by atoms with Crippen molar-refractivity contribution in [3.63, 3.8) is 0 Å². The fourth-order valence-corrected chi connectivity index (χ4v) is 3.22. The third-order valence-corrected chi connectivity index (χ3v) is 4.73. The second kappa shape index (κ2) is 9.80. The van der Waals surface area contributed by atoms with Gasteiger partial charge in [0.25, 0.3) is 0 Å². The Balaban J connectivity index is 1.93. The summed E-state index contributed by atoms with van der Waals surface area (Å²) in [6, 6.07) is 12.0. The summed E-state index contributed by atoms with van der Waals surface area (Å²) in [7, 11) is 0. The van der Waals surface area contributed by atoms with E-state index in [0.717, 1.165) is 59.8 Å². The molecule has 0 spiro atoms. The Morgan fingerprint density at radius 2 is 2.00 bits per heavy atom. The van der Waals surface area contributed by atoms with Crippen molar-refractivity contribution < 1.29 is 4.74 Å². The summed E-state index contributed by atoms with van der Waals surface area (Å²) in [4.78, 5) is 0. The van der Waals surface area contributed by atoms with Crippen LogP contribution in [0.15, 0.2) is 36.5 Å². The Hall–Kier alpha value is -3.24.